The maximum atomic E-state index is 11.5. The first-order chi connectivity index (χ1) is 12.6. The third kappa shape index (κ3) is 3.64. The summed E-state index contributed by atoms with van der Waals surface area (Å²) in [4.78, 5) is 15.2. The maximum Gasteiger partial charge on any atom is 0.293 e. The van der Waals surface area contributed by atoms with Gasteiger partial charge >= 0.3 is 0 Å². The van der Waals surface area contributed by atoms with Crippen molar-refractivity contribution < 1.29 is 14.2 Å². The SMILES string of the molecule is CCc1noc(-c2ccc(NCc3ccccc3OC)c([N+](=O)[O-])c2)n1. The monoisotopic (exact) mass is 354 g/mol. The summed E-state index contributed by atoms with van der Waals surface area (Å²) in [5, 5.41) is 18.4. The van der Waals surface area contributed by atoms with E-state index < -0.39 is 4.92 Å². The van der Waals surface area contributed by atoms with Crippen LogP contribution in [0.15, 0.2) is 47.0 Å². The number of ether oxygens (including phenoxy) is 1. The second kappa shape index (κ2) is 7.64. The molecule has 26 heavy (non-hydrogen) atoms. The summed E-state index contributed by atoms with van der Waals surface area (Å²) in [6, 6.07) is 12.3. The Morgan fingerprint density at radius 1 is 1.27 bits per heavy atom. The lowest BCUT2D eigenvalue weighted by molar-refractivity contribution is -0.383. The predicted octanol–water partition coefficient (Wildman–Crippen LogP) is 3.83. The minimum atomic E-state index is -0.439. The first kappa shape index (κ1) is 17.4. The van der Waals surface area contributed by atoms with Crippen molar-refractivity contribution in [3.8, 4) is 17.2 Å². The van der Waals surface area contributed by atoms with Gasteiger partial charge in [-0.2, -0.15) is 4.98 Å². The highest BCUT2D eigenvalue weighted by atomic mass is 16.6. The molecular weight excluding hydrogens is 336 g/mol. The van der Waals surface area contributed by atoms with Gasteiger partial charge in [-0.1, -0.05) is 30.3 Å². The zero-order chi connectivity index (χ0) is 18.5. The molecule has 0 saturated heterocycles. The fourth-order valence-corrected chi connectivity index (χ4v) is 2.52. The van der Waals surface area contributed by atoms with E-state index in [0.717, 1.165) is 11.3 Å². The van der Waals surface area contributed by atoms with Crippen molar-refractivity contribution in [2.24, 2.45) is 0 Å². The smallest absolute Gasteiger partial charge is 0.293 e. The molecule has 0 bridgehead atoms. The van der Waals surface area contributed by atoms with Crippen molar-refractivity contribution in [1.82, 2.24) is 10.1 Å². The third-order valence-electron chi connectivity index (χ3n) is 3.89. The van der Waals surface area contributed by atoms with Crippen LogP contribution in [0.2, 0.25) is 0 Å². The molecule has 0 spiro atoms. The van der Waals surface area contributed by atoms with Crippen LogP contribution in [-0.2, 0) is 13.0 Å². The Labute approximate surface area is 150 Å². The average Bonchev–Trinajstić information content (AvgIpc) is 3.15. The van der Waals surface area contributed by atoms with Crippen LogP contribution in [0.5, 0.6) is 5.75 Å². The molecular formula is C18H18N4O4. The molecule has 0 fully saturated rings. The molecule has 1 aromatic heterocycles. The highest BCUT2D eigenvalue weighted by molar-refractivity contribution is 5.70. The van der Waals surface area contributed by atoms with Gasteiger partial charge in [0.15, 0.2) is 5.82 Å². The van der Waals surface area contributed by atoms with Crippen LogP contribution in [0.3, 0.4) is 0 Å². The van der Waals surface area contributed by atoms with Gasteiger partial charge in [-0.25, -0.2) is 0 Å². The Balaban J connectivity index is 1.86. The molecule has 0 aliphatic carbocycles. The van der Waals surface area contributed by atoms with Crippen molar-refractivity contribution >= 4 is 11.4 Å². The fraction of sp³-hybridized carbons (Fsp3) is 0.222. The first-order valence-corrected chi connectivity index (χ1v) is 8.09. The Bertz CT molecular complexity index is 923. The summed E-state index contributed by atoms with van der Waals surface area (Å²) < 4.78 is 10.5. The summed E-state index contributed by atoms with van der Waals surface area (Å²) in [6.45, 7) is 2.30. The molecule has 1 N–H and O–H groups in total. The number of nitrogens with zero attached hydrogens (tertiary/aromatic N) is 3. The number of nitro groups is 1. The second-order valence-corrected chi connectivity index (χ2v) is 5.52. The molecule has 8 nitrogen and oxygen atoms in total. The summed E-state index contributed by atoms with van der Waals surface area (Å²) in [7, 11) is 1.59. The molecule has 0 unspecified atom stereocenters. The molecule has 8 heteroatoms. The highest BCUT2D eigenvalue weighted by Crippen LogP contribution is 2.31. The standard InChI is InChI=1S/C18H18N4O4/c1-3-17-20-18(26-21-17)12-8-9-14(15(10-12)22(23)24)19-11-13-6-4-5-7-16(13)25-2/h4-10,19H,3,11H2,1-2H3. The van der Waals surface area contributed by atoms with Gasteiger partial charge in [-0.05, 0) is 18.2 Å². The lowest BCUT2D eigenvalue weighted by atomic mass is 10.1. The highest BCUT2D eigenvalue weighted by Gasteiger charge is 2.18. The summed E-state index contributed by atoms with van der Waals surface area (Å²) in [6.07, 6.45) is 0.629. The Morgan fingerprint density at radius 3 is 2.77 bits per heavy atom. The normalized spacial score (nSPS) is 10.5. The van der Waals surface area contributed by atoms with Crippen LogP contribution in [0, 0.1) is 10.1 Å². The van der Waals surface area contributed by atoms with Crippen molar-refractivity contribution in [1.29, 1.82) is 0 Å². The average molecular weight is 354 g/mol. The number of aryl methyl sites for hydroxylation is 1. The van der Waals surface area contributed by atoms with E-state index >= 15 is 0 Å². The summed E-state index contributed by atoms with van der Waals surface area (Å²) >= 11 is 0. The van der Waals surface area contributed by atoms with E-state index in [-0.39, 0.29) is 11.6 Å². The zero-order valence-electron chi connectivity index (χ0n) is 14.4. The van der Waals surface area contributed by atoms with Gasteiger partial charge in [0.2, 0.25) is 0 Å². The van der Waals surface area contributed by atoms with E-state index in [2.05, 4.69) is 15.5 Å². The van der Waals surface area contributed by atoms with Gasteiger partial charge in [0, 0.05) is 30.2 Å². The molecule has 0 atom stereocenters. The Hall–Kier alpha value is -3.42. The number of para-hydroxylation sites is 1. The van der Waals surface area contributed by atoms with Crippen LogP contribution in [0.4, 0.5) is 11.4 Å². The predicted molar refractivity (Wildman–Crippen MR) is 96.1 cm³/mol. The van der Waals surface area contributed by atoms with Crippen LogP contribution < -0.4 is 10.1 Å². The van der Waals surface area contributed by atoms with Gasteiger partial charge in [-0.3, -0.25) is 10.1 Å². The minimum Gasteiger partial charge on any atom is -0.496 e. The Kier molecular flexibility index (Phi) is 5.12. The number of benzene rings is 2. The van der Waals surface area contributed by atoms with Gasteiger partial charge in [-0.15, -0.1) is 0 Å². The van der Waals surface area contributed by atoms with Crippen LogP contribution in [-0.4, -0.2) is 22.2 Å². The summed E-state index contributed by atoms with van der Waals surface area (Å²) in [5.41, 5.74) is 1.75. The lowest BCUT2D eigenvalue weighted by Gasteiger charge is -2.11. The topological polar surface area (TPSA) is 103 Å². The van der Waals surface area contributed by atoms with E-state index in [1.807, 2.05) is 31.2 Å². The largest absolute Gasteiger partial charge is 0.496 e. The van der Waals surface area contributed by atoms with Crippen LogP contribution in [0.25, 0.3) is 11.5 Å². The summed E-state index contributed by atoms with van der Waals surface area (Å²) in [5.74, 6) is 1.54. The molecule has 0 radical (unpaired) electrons. The number of aromatic nitrogens is 2. The molecule has 0 saturated carbocycles. The van der Waals surface area contributed by atoms with Crippen molar-refractivity contribution in [3.05, 3.63) is 64.0 Å². The van der Waals surface area contributed by atoms with Crippen LogP contribution in [0.1, 0.15) is 18.3 Å². The molecule has 134 valence electrons. The molecule has 0 aliphatic rings. The van der Waals surface area contributed by atoms with E-state index in [4.69, 9.17) is 9.26 Å². The number of methoxy groups -OCH3 is 1. The van der Waals surface area contributed by atoms with Crippen LogP contribution >= 0.6 is 0 Å². The Morgan fingerprint density at radius 2 is 2.08 bits per heavy atom. The van der Waals surface area contributed by atoms with Gasteiger partial charge in [0.1, 0.15) is 11.4 Å². The quantitative estimate of drug-likeness (QED) is 0.508. The third-order valence-corrected chi connectivity index (χ3v) is 3.89. The molecule has 1 heterocycles. The minimum absolute atomic E-state index is 0.0614. The number of anilines is 1. The number of rotatable bonds is 7. The fourth-order valence-electron chi connectivity index (χ4n) is 2.52. The van der Waals surface area contributed by atoms with E-state index in [9.17, 15) is 10.1 Å². The number of hydrogen-bond acceptors (Lipinski definition) is 7. The molecule has 0 amide bonds. The second-order valence-electron chi connectivity index (χ2n) is 5.52. The molecule has 2 aromatic carbocycles. The van der Waals surface area contributed by atoms with Gasteiger partial charge in [0.25, 0.3) is 11.6 Å². The van der Waals surface area contributed by atoms with E-state index in [1.54, 1.807) is 19.2 Å². The zero-order valence-corrected chi connectivity index (χ0v) is 14.4. The number of hydrogen-bond donors (Lipinski definition) is 1. The van der Waals surface area contributed by atoms with E-state index in [1.165, 1.54) is 6.07 Å². The van der Waals surface area contributed by atoms with Crippen molar-refractivity contribution in [2.45, 2.75) is 19.9 Å². The first-order valence-electron chi connectivity index (χ1n) is 8.09. The van der Waals surface area contributed by atoms with Gasteiger partial charge < -0.3 is 14.6 Å². The van der Waals surface area contributed by atoms with E-state index in [0.29, 0.717) is 30.0 Å². The molecule has 3 rings (SSSR count). The number of nitro benzene ring substituents is 1. The maximum absolute atomic E-state index is 11.5. The molecule has 0 aliphatic heterocycles. The lowest BCUT2D eigenvalue weighted by Crippen LogP contribution is -2.04. The van der Waals surface area contributed by atoms with Crippen molar-refractivity contribution in [2.75, 3.05) is 12.4 Å². The van der Waals surface area contributed by atoms with Gasteiger partial charge in [0.05, 0.1) is 12.0 Å². The van der Waals surface area contributed by atoms with Crippen molar-refractivity contribution in [3.63, 3.8) is 0 Å². The number of nitrogens with one attached hydrogen (secondary N) is 1. The molecule has 3 aromatic rings.